The molecule has 146 valence electrons. The first-order valence-corrected chi connectivity index (χ1v) is 10.6. The molecule has 2 amide bonds. The van der Waals surface area contributed by atoms with Crippen molar-refractivity contribution in [2.24, 2.45) is 0 Å². The first kappa shape index (κ1) is 20.1. The van der Waals surface area contributed by atoms with Gasteiger partial charge in [-0.3, -0.25) is 14.5 Å². The van der Waals surface area contributed by atoms with Crippen LogP contribution >= 0.6 is 15.9 Å². The number of likely N-dealkylation sites (tertiary alicyclic amines) is 1. The third-order valence-corrected chi connectivity index (χ3v) is 5.98. The molecule has 0 spiro atoms. The summed E-state index contributed by atoms with van der Waals surface area (Å²) in [7, 11) is 0. The number of amides is 2. The zero-order valence-corrected chi connectivity index (χ0v) is 17.5. The van der Waals surface area contributed by atoms with Gasteiger partial charge in [-0.1, -0.05) is 28.1 Å². The van der Waals surface area contributed by atoms with Gasteiger partial charge in [0.2, 0.25) is 11.8 Å². The molecular weight excluding hydrogens is 406 g/mol. The number of halogens is 1. The Hall–Kier alpha value is -1.66. The Kier molecular flexibility index (Phi) is 7.07. The lowest BCUT2D eigenvalue weighted by Crippen LogP contribution is -2.52. The maximum absolute atomic E-state index is 12.6. The monoisotopic (exact) mass is 433 g/mol. The van der Waals surface area contributed by atoms with Crippen LogP contribution in [0.2, 0.25) is 0 Å². The van der Waals surface area contributed by atoms with Gasteiger partial charge in [0.05, 0.1) is 6.54 Å². The second kappa shape index (κ2) is 9.51. The summed E-state index contributed by atoms with van der Waals surface area (Å²) >= 11 is 3.41. The van der Waals surface area contributed by atoms with Gasteiger partial charge in [0.25, 0.3) is 0 Å². The highest BCUT2D eigenvalue weighted by Crippen LogP contribution is 2.17. The van der Waals surface area contributed by atoms with E-state index in [2.05, 4.69) is 27.8 Å². The summed E-state index contributed by atoms with van der Waals surface area (Å²) in [5, 5.41) is 0. The SMILES string of the molecule is CC1CCCCN1C(=O)CN1CCN(C(=O)C=Cc2ccc(Br)cc2)CC1. The first-order valence-electron chi connectivity index (χ1n) is 9.77. The highest BCUT2D eigenvalue weighted by Gasteiger charge is 2.26. The van der Waals surface area contributed by atoms with Crippen molar-refractivity contribution in [1.29, 1.82) is 0 Å². The van der Waals surface area contributed by atoms with Crippen molar-refractivity contribution in [1.82, 2.24) is 14.7 Å². The molecule has 1 atom stereocenters. The fourth-order valence-electron chi connectivity index (χ4n) is 3.72. The van der Waals surface area contributed by atoms with E-state index in [0.29, 0.717) is 25.7 Å². The predicted octanol–water partition coefficient (Wildman–Crippen LogP) is 3.01. The molecule has 0 aromatic heterocycles. The molecule has 2 heterocycles. The van der Waals surface area contributed by atoms with Crippen molar-refractivity contribution >= 4 is 33.8 Å². The average molecular weight is 434 g/mol. The van der Waals surface area contributed by atoms with Crippen LogP contribution in [0.3, 0.4) is 0 Å². The van der Waals surface area contributed by atoms with Crippen molar-refractivity contribution in [3.63, 3.8) is 0 Å². The van der Waals surface area contributed by atoms with E-state index in [4.69, 9.17) is 0 Å². The Morgan fingerprint density at radius 2 is 1.78 bits per heavy atom. The van der Waals surface area contributed by atoms with Gasteiger partial charge in [-0.05, 0) is 50.0 Å². The molecule has 0 saturated carbocycles. The molecule has 0 N–H and O–H groups in total. The van der Waals surface area contributed by atoms with Crippen molar-refractivity contribution in [2.75, 3.05) is 39.3 Å². The minimum atomic E-state index is 0.0357. The van der Waals surface area contributed by atoms with Crippen molar-refractivity contribution < 1.29 is 9.59 Å². The van der Waals surface area contributed by atoms with E-state index in [9.17, 15) is 9.59 Å². The number of piperidine rings is 1. The number of hydrogen-bond donors (Lipinski definition) is 0. The molecule has 6 heteroatoms. The van der Waals surface area contributed by atoms with Gasteiger partial charge in [-0.2, -0.15) is 0 Å². The lowest BCUT2D eigenvalue weighted by Gasteiger charge is -2.37. The summed E-state index contributed by atoms with van der Waals surface area (Å²) in [6.45, 7) is 6.36. The summed E-state index contributed by atoms with van der Waals surface area (Å²) in [5.74, 6) is 0.269. The standard InChI is InChI=1S/C21H28BrN3O2/c1-17-4-2-3-11-25(17)21(27)16-23-12-14-24(15-13-23)20(26)10-7-18-5-8-19(22)9-6-18/h5-10,17H,2-4,11-16H2,1H3. The lowest BCUT2D eigenvalue weighted by molar-refractivity contribution is -0.136. The van der Waals surface area contributed by atoms with E-state index in [0.717, 1.165) is 42.5 Å². The average Bonchev–Trinajstić information content (AvgIpc) is 2.68. The van der Waals surface area contributed by atoms with Crippen molar-refractivity contribution in [3.8, 4) is 0 Å². The molecule has 5 nitrogen and oxygen atoms in total. The van der Waals surface area contributed by atoms with Crippen LogP contribution in [0.5, 0.6) is 0 Å². The van der Waals surface area contributed by atoms with E-state index in [1.807, 2.05) is 40.1 Å². The predicted molar refractivity (Wildman–Crippen MR) is 111 cm³/mol. The van der Waals surface area contributed by atoms with Crippen LogP contribution in [-0.2, 0) is 9.59 Å². The van der Waals surface area contributed by atoms with Gasteiger partial charge in [0.15, 0.2) is 0 Å². The van der Waals surface area contributed by atoms with E-state index in [1.165, 1.54) is 6.42 Å². The third kappa shape index (κ3) is 5.66. The topological polar surface area (TPSA) is 43.9 Å². The number of benzene rings is 1. The Morgan fingerprint density at radius 1 is 1.07 bits per heavy atom. The van der Waals surface area contributed by atoms with Crippen LogP contribution < -0.4 is 0 Å². The van der Waals surface area contributed by atoms with Gasteiger partial charge >= 0.3 is 0 Å². The molecular formula is C21H28BrN3O2. The minimum absolute atomic E-state index is 0.0357. The lowest BCUT2D eigenvalue weighted by atomic mass is 10.0. The number of piperazine rings is 1. The number of rotatable bonds is 4. The molecule has 2 saturated heterocycles. The zero-order valence-electron chi connectivity index (χ0n) is 15.9. The van der Waals surface area contributed by atoms with E-state index < -0.39 is 0 Å². The van der Waals surface area contributed by atoms with Crippen molar-refractivity contribution in [3.05, 3.63) is 40.4 Å². The van der Waals surface area contributed by atoms with Crippen LogP contribution in [0.15, 0.2) is 34.8 Å². The Balaban J connectivity index is 1.44. The van der Waals surface area contributed by atoms with Gasteiger partial charge < -0.3 is 9.80 Å². The van der Waals surface area contributed by atoms with Crippen LogP contribution in [0, 0.1) is 0 Å². The Morgan fingerprint density at radius 3 is 2.44 bits per heavy atom. The van der Waals surface area contributed by atoms with Crippen LogP contribution in [-0.4, -0.2) is 71.8 Å². The summed E-state index contributed by atoms with van der Waals surface area (Å²) in [4.78, 5) is 31.0. The smallest absolute Gasteiger partial charge is 0.246 e. The third-order valence-electron chi connectivity index (χ3n) is 5.45. The maximum Gasteiger partial charge on any atom is 0.246 e. The fraction of sp³-hybridized carbons (Fsp3) is 0.524. The molecule has 1 aromatic rings. The Labute approximate surface area is 170 Å². The van der Waals surface area contributed by atoms with E-state index in [1.54, 1.807) is 6.08 Å². The first-order chi connectivity index (χ1) is 13.0. The summed E-state index contributed by atoms with van der Waals surface area (Å²) < 4.78 is 1.02. The molecule has 3 rings (SSSR count). The molecule has 0 radical (unpaired) electrons. The largest absolute Gasteiger partial charge is 0.339 e. The number of hydrogen-bond acceptors (Lipinski definition) is 3. The molecule has 27 heavy (non-hydrogen) atoms. The van der Waals surface area contributed by atoms with Crippen molar-refractivity contribution in [2.45, 2.75) is 32.2 Å². The van der Waals surface area contributed by atoms with Crippen LogP contribution in [0.4, 0.5) is 0 Å². The maximum atomic E-state index is 12.6. The molecule has 2 aliphatic heterocycles. The Bertz CT molecular complexity index is 681. The molecule has 2 aliphatic rings. The van der Waals surface area contributed by atoms with Gasteiger partial charge in [-0.15, -0.1) is 0 Å². The number of carbonyl (C=O) groups excluding carboxylic acids is 2. The second-order valence-corrected chi connectivity index (χ2v) is 8.33. The van der Waals surface area contributed by atoms with E-state index >= 15 is 0 Å². The highest BCUT2D eigenvalue weighted by molar-refractivity contribution is 9.10. The normalized spacial score (nSPS) is 21.6. The zero-order chi connectivity index (χ0) is 19.2. The van der Waals surface area contributed by atoms with Crippen LogP contribution in [0.1, 0.15) is 31.7 Å². The highest BCUT2D eigenvalue weighted by atomic mass is 79.9. The van der Waals surface area contributed by atoms with E-state index in [-0.39, 0.29) is 11.8 Å². The van der Waals surface area contributed by atoms with Gasteiger partial charge in [0.1, 0.15) is 0 Å². The molecule has 0 bridgehead atoms. The fourth-order valence-corrected chi connectivity index (χ4v) is 3.99. The van der Waals surface area contributed by atoms with Crippen LogP contribution in [0.25, 0.3) is 6.08 Å². The summed E-state index contributed by atoms with van der Waals surface area (Å²) in [6, 6.07) is 8.22. The molecule has 0 aliphatic carbocycles. The summed E-state index contributed by atoms with van der Waals surface area (Å²) in [6.07, 6.45) is 6.93. The number of nitrogens with zero attached hydrogens (tertiary/aromatic N) is 3. The number of carbonyl (C=O) groups is 2. The quantitative estimate of drug-likeness (QED) is 0.685. The molecule has 1 unspecified atom stereocenters. The molecule has 1 aromatic carbocycles. The molecule has 2 fully saturated rings. The second-order valence-electron chi connectivity index (χ2n) is 7.42. The summed E-state index contributed by atoms with van der Waals surface area (Å²) in [5.41, 5.74) is 1.01. The minimum Gasteiger partial charge on any atom is -0.339 e. The van der Waals surface area contributed by atoms with Gasteiger partial charge in [-0.25, -0.2) is 0 Å². The van der Waals surface area contributed by atoms with Gasteiger partial charge in [0, 0.05) is 49.3 Å².